The lowest BCUT2D eigenvalue weighted by molar-refractivity contribution is -0.104. The van der Waals surface area contributed by atoms with Crippen molar-refractivity contribution in [2.45, 2.75) is 111 Å². The molecule has 0 aliphatic carbocycles. The first kappa shape index (κ1) is 103. The summed E-state index contributed by atoms with van der Waals surface area (Å²) in [5.41, 5.74) is 3.24. The topological polar surface area (TPSA) is 504 Å². The molecule has 0 radical (unpaired) electrons. The number of aromatic hydroxyl groups is 3. The van der Waals surface area contributed by atoms with Gasteiger partial charge in [-0.15, -0.1) is 0 Å². The van der Waals surface area contributed by atoms with Crippen molar-refractivity contribution in [1.82, 2.24) is 0 Å². The third kappa shape index (κ3) is 22.9. The van der Waals surface area contributed by atoms with Crippen molar-refractivity contribution in [2.75, 3.05) is 131 Å². The molecule has 1 aliphatic heterocycles. The van der Waals surface area contributed by atoms with E-state index in [1.165, 1.54) is 181 Å². The van der Waals surface area contributed by atoms with Gasteiger partial charge in [-0.3, -0.25) is 9.59 Å². The summed E-state index contributed by atoms with van der Waals surface area (Å²) in [4.78, 5) is 24.1. The molecule has 0 aromatic heterocycles. The fourth-order valence-corrected chi connectivity index (χ4v) is 16.2. The van der Waals surface area contributed by atoms with Gasteiger partial charge in [-0.25, -0.2) is 0 Å². The predicted molar refractivity (Wildman–Crippen MR) is 493 cm³/mol. The van der Waals surface area contributed by atoms with E-state index in [0.29, 0.717) is 28.7 Å². The second-order valence-corrected chi connectivity index (χ2v) is 31.5. The number of carbonyl (C=O) groups is 2. The highest BCUT2D eigenvalue weighted by atomic mass is 16.6. The molecule has 10 aromatic carbocycles. The molecule has 35 heteroatoms. The number of aliphatic hydroxyl groups excluding tert-OH is 12. The fraction of sp³-hybridized carbons (Fsp3) is 0.366. The molecule has 0 amide bonds. The first-order chi connectivity index (χ1) is 65.8. The number of hydrogen-bond donors (Lipinski definition) is 15. The van der Waals surface area contributed by atoms with Crippen LogP contribution in [0.15, 0.2) is 164 Å². The maximum Gasteiger partial charge on any atom is 0.204 e. The number of carbonyl (C=O) groups excluding carboxylic acids is 2. The van der Waals surface area contributed by atoms with E-state index in [-0.39, 0.29) is 160 Å². The van der Waals surface area contributed by atoms with Gasteiger partial charge in [-0.2, -0.15) is 0 Å². The van der Waals surface area contributed by atoms with Crippen LogP contribution in [0.3, 0.4) is 0 Å². The molecule has 11 rings (SSSR count). The predicted octanol–water partition coefficient (Wildman–Crippen LogP) is 10.4. The summed E-state index contributed by atoms with van der Waals surface area (Å²) < 4.78 is 109. The standard InChI is InChI=1S/C101H116O35/c1-13-15-53-17-26-75(78(32-53)121-4)134-100(89(51-109)129-12)67-45-76(119-2)71(112)44-63(67)68(46-104)91(113)56-21-27-73(79(37-56)122-5)132-88(50-108)94(116)60-41-84(127-10)101(85(42-60)128-11)136-98(90(52-110)130-62-23-19-55(20-24-62)92(114)86(48-106)131-72-25-18-54(16-14-30-102)33-77(72)120-3)61-36-66-69(47-105)97(135-99(66)83(43-61)126-9)57-22-28-74(80(38-57)123-6)133-87(49-107)93(115)59-35-65(96(118)82(40-59)125-8)64-34-58(70(111)29-31-103)39-81(124-7)95(64)117/h14,16-28,30,32-45,68-69,86-94,97-98,100,103-110,112-118H,13,15,29,31,46-52H2,1-12H3. The molecule has 730 valence electrons. The molecule has 1 aliphatic rings. The molecule has 14 unspecified atom stereocenters. The van der Waals surface area contributed by atoms with Gasteiger partial charge >= 0.3 is 0 Å². The molecule has 1 heterocycles. The number of allylic oxidation sites excluding steroid dienone is 1. The lowest BCUT2D eigenvalue weighted by atomic mass is 9.84. The zero-order valence-corrected chi connectivity index (χ0v) is 77.0. The second kappa shape index (κ2) is 48.3. The molecule has 15 N–H and O–H groups in total. The highest BCUT2D eigenvalue weighted by Gasteiger charge is 2.43. The van der Waals surface area contributed by atoms with Crippen molar-refractivity contribution in [3.8, 4) is 126 Å². The molecule has 14 atom stereocenters. The number of ketones is 1. The second-order valence-electron chi connectivity index (χ2n) is 31.5. The fourth-order valence-electron chi connectivity index (χ4n) is 16.2. The third-order valence-corrected chi connectivity index (χ3v) is 23.4. The van der Waals surface area contributed by atoms with E-state index in [1.54, 1.807) is 54.6 Å². The number of aliphatic hydroxyl groups is 12. The SMILES string of the molecule is CCCc1ccc(OC(c2cc(OC)c(O)cc2C(CO)C(O)c2ccc(OC(CO)C(O)c3cc(OC)c(OC(c4cc(OC)c5c(c4)C(CO)C(c4ccc(OC(CO)C(O)c6cc(OC)c(O)c(-c7cc(C(=O)CCO)cc(OC)c7O)c6)c(OC)c4)O5)C(CO)Oc4ccc(C(O)C(CO)Oc5ccc(C=CC=O)cc5OC)cc4)c(OC)c3)c(OC)c2)C(CO)OC)c(OC)c1. The van der Waals surface area contributed by atoms with E-state index < -0.39 is 155 Å². The van der Waals surface area contributed by atoms with Gasteiger partial charge in [0, 0.05) is 52.8 Å². The van der Waals surface area contributed by atoms with Gasteiger partial charge in [-0.1, -0.05) is 55.8 Å². The van der Waals surface area contributed by atoms with Gasteiger partial charge in [0.1, 0.15) is 42.6 Å². The number of aryl methyl sites for hydroxylation is 1. The molecular formula is C101H116O35. The Morgan fingerprint density at radius 3 is 1.44 bits per heavy atom. The first-order valence-corrected chi connectivity index (χ1v) is 43.2. The van der Waals surface area contributed by atoms with Crippen LogP contribution in [0, 0.1) is 0 Å². The van der Waals surface area contributed by atoms with Crippen molar-refractivity contribution >= 4 is 18.1 Å². The number of fused-ring (bicyclic) bond motifs is 1. The van der Waals surface area contributed by atoms with Gasteiger partial charge < -0.3 is 162 Å². The molecule has 0 saturated carbocycles. The van der Waals surface area contributed by atoms with Crippen LogP contribution in [0.4, 0.5) is 0 Å². The van der Waals surface area contributed by atoms with Crippen LogP contribution >= 0.6 is 0 Å². The number of phenolic OH excluding ortho intramolecular Hbond substituents is 3. The van der Waals surface area contributed by atoms with Crippen LogP contribution in [0.2, 0.25) is 0 Å². The van der Waals surface area contributed by atoms with Crippen LogP contribution in [0.1, 0.15) is 146 Å². The number of Topliss-reactive ketones (excluding diaryl/α,β-unsaturated/α-hetero) is 1. The molecule has 35 nitrogen and oxygen atoms in total. The normalized spacial score (nSPS) is 15.5. The summed E-state index contributed by atoms with van der Waals surface area (Å²) in [5, 5.41) is 171. The zero-order valence-electron chi connectivity index (χ0n) is 77.0. The third-order valence-electron chi connectivity index (χ3n) is 23.4. The van der Waals surface area contributed by atoms with E-state index in [4.69, 9.17) is 85.3 Å². The van der Waals surface area contributed by atoms with E-state index in [1.807, 2.05) is 19.1 Å². The molecule has 0 bridgehead atoms. The Balaban J connectivity index is 0.913. The van der Waals surface area contributed by atoms with E-state index in [0.717, 1.165) is 18.4 Å². The number of rotatable bonds is 52. The van der Waals surface area contributed by atoms with Crippen LogP contribution < -0.4 is 80.5 Å². The number of aldehydes is 1. The van der Waals surface area contributed by atoms with E-state index in [2.05, 4.69) is 0 Å². The van der Waals surface area contributed by atoms with Crippen molar-refractivity contribution < 1.29 is 171 Å². The van der Waals surface area contributed by atoms with E-state index >= 15 is 0 Å². The summed E-state index contributed by atoms with van der Waals surface area (Å²) in [6, 6.07) is 39.1. The maximum absolute atomic E-state index is 13.1. The molecular weight excluding hydrogens is 1770 g/mol. The average molecular weight is 1890 g/mol. The van der Waals surface area contributed by atoms with Gasteiger partial charge in [0.2, 0.25) is 5.75 Å². The van der Waals surface area contributed by atoms with E-state index in [9.17, 15) is 86.2 Å². The Labute approximate surface area is 784 Å². The number of ether oxygens (including phenoxy) is 18. The summed E-state index contributed by atoms with van der Waals surface area (Å²) in [6.45, 7) is -3.43. The molecule has 0 saturated heterocycles. The van der Waals surface area contributed by atoms with Crippen molar-refractivity contribution in [3.63, 3.8) is 0 Å². The van der Waals surface area contributed by atoms with Crippen molar-refractivity contribution in [1.29, 1.82) is 0 Å². The average Bonchev–Trinajstić information content (AvgIpc) is 1.57. The first-order valence-electron chi connectivity index (χ1n) is 43.2. The zero-order chi connectivity index (χ0) is 98.3. The maximum atomic E-state index is 13.1. The highest BCUT2D eigenvalue weighted by Crippen LogP contribution is 2.56. The molecule has 136 heavy (non-hydrogen) atoms. The quantitative estimate of drug-likeness (QED) is 0.00956. The molecule has 10 aromatic rings. The largest absolute Gasteiger partial charge is 0.504 e. The van der Waals surface area contributed by atoms with Gasteiger partial charge in [-0.05, 0) is 178 Å². The summed E-state index contributed by atoms with van der Waals surface area (Å²) in [5.74, 6) is -3.25. The number of benzene rings is 10. The van der Waals surface area contributed by atoms with Crippen LogP contribution in [0.5, 0.6) is 115 Å². The number of methoxy groups -OCH3 is 11. The minimum atomic E-state index is -1.74. The van der Waals surface area contributed by atoms with Gasteiger partial charge in [0.15, 0.2) is 146 Å². The monoisotopic (exact) mass is 1890 g/mol. The van der Waals surface area contributed by atoms with Crippen molar-refractivity contribution in [2.24, 2.45) is 0 Å². The smallest absolute Gasteiger partial charge is 0.204 e. The minimum absolute atomic E-state index is 0.000541. The Morgan fingerprint density at radius 2 is 0.897 bits per heavy atom. The lowest BCUT2D eigenvalue weighted by Gasteiger charge is -2.32. The van der Waals surface area contributed by atoms with Gasteiger partial charge in [0.05, 0.1) is 136 Å². The highest BCUT2D eigenvalue weighted by molar-refractivity contribution is 5.99. The van der Waals surface area contributed by atoms with Crippen LogP contribution in [-0.4, -0.2) is 250 Å². The Morgan fingerprint density at radius 1 is 0.404 bits per heavy atom. The Hall–Kier alpha value is -13.2. The van der Waals surface area contributed by atoms with Gasteiger partial charge in [0.25, 0.3) is 0 Å². The van der Waals surface area contributed by atoms with Crippen LogP contribution in [-0.2, 0) is 16.0 Å². The number of phenols is 3. The Kier molecular flexibility index (Phi) is 36.7. The lowest BCUT2D eigenvalue weighted by Crippen LogP contribution is -2.33. The minimum Gasteiger partial charge on any atom is -0.504 e. The molecule has 0 spiro atoms. The molecule has 0 fully saturated rings. The summed E-state index contributed by atoms with van der Waals surface area (Å²) in [6.07, 6.45) is -12.1. The number of hydrogen-bond acceptors (Lipinski definition) is 35. The Bertz CT molecular complexity index is 5680. The van der Waals surface area contributed by atoms with Crippen LogP contribution in [0.25, 0.3) is 17.2 Å². The summed E-state index contributed by atoms with van der Waals surface area (Å²) >= 11 is 0. The van der Waals surface area contributed by atoms with Crippen molar-refractivity contribution in [3.05, 3.63) is 231 Å². The summed E-state index contributed by atoms with van der Waals surface area (Å²) in [7, 11) is 14.7.